The van der Waals surface area contributed by atoms with Crippen molar-refractivity contribution in [2.24, 2.45) is 0 Å². The van der Waals surface area contributed by atoms with Crippen molar-refractivity contribution in [2.45, 2.75) is 31.1 Å². The second-order valence-corrected chi connectivity index (χ2v) is 10.3. The van der Waals surface area contributed by atoms with E-state index in [1.807, 2.05) is 12.1 Å². The van der Waals surface area contributed by atoms with Gasteiger partial charge in [-0.3, -0.25) is 10.1 Å². The zero-order valence-electron chi connectivity index (χ0n) is 13.2. The van der Waals surface area contributed by atoms with Crippen LogP contribution in [-0.2, 0) is 23.0 Å². The van der Waals surface area contributed by atoms with Gasteiger partial charge < -0.3 is 0 Å². The van der Waals surface area contributed by atoms with Gasteiger partial charge in [-0.15, -0.1) is 11.3 Å². The lowest BCUT2D eigenvalue weighted by atomic mass is 10.2. The van der Waals surface area contributed by atoms with Crippen LogP contribution in [0.4, 0.5) is 5.13 Å². The van der Waals surface area contributed by atoms with Crippen LogP contribution in [0.3, 0.4) is 0 Å². The summed E-state index contributed by atoms with van der Waals surface area (Å²) >= 11 is 4.72. The van der Waals surface area contributed by atoms with E-state index in [9.17, 15) is 13.2 Å². The minimum atomic E-state index is -3.18. The fourth-order valence-electron chi connectivity index (χ4n) is 2.83. The Morgan fingerprint density at radius 3 is 2.80 bits per heavy atom. The van der Waals surface area contributed by atoms with Gasteiger partial charge in [0.25, 0.3) is 5.91 Å². The average molecular weight is 442 g/mol. The van der Waals surface area contributed by atoms with E-state index in [1.54, 1.807) is 16.4 Å². The smallest absolute Gasteiger partial charge is 0.258 e. The fraction of sp³-hybridized carbons (Fsp3) is 0.375. The number of thiazole rings is 1. The highest BCUT2D eigenvalue weighted by molar-refractivity contribution is 9.10. The lowest BCUT2D eigenvalue weighted by Gasteiger charge is -2.25. The Labute approximate surface area is 158 Å². The second kappa shape index (κ2) is 6.46. The molecule has 9 heteroatoms. The molecule has 0 spiro atoms. The quantitative estimate of drug-likeness (QED) is 0.790. The monoisotopic (exact) mass is 441 g/mol. The predicted octanol–water partition coefficient (Wildman–Crippen LogP) is 3.01. The van der Waals surface area contributed by atoms with E-state index in [4.69, 9.17) is 0 Å². The van der Waals surface area contributed by atoms with Crippen LogP contribution in [0.2, 0.25) is 0 Å². The summed E-state index contributed by atoms with van der Waals surface area (Å²) < 4.78 is 27.1. The molecule has 1 aromatic carbocycles. The molecule has 0 radical (unpaired) electrons. The number of carbonyl (C=O) groups excluding carboxylic acids is 1. The maximum atomic E-state index is 12.4. The maximum Gasteiger partial charge on any atom is 0.258 e. The van der Waals surface area contributed by atoms with Gasteiger partial charge in [0.1, 0.15) is 0 Å². The van der Waals surface area contributed by atoms with Crippen LogP contribution < -0.4 is 5.32 Å². The van der Waals surface area contributed by atoms with Crippen molar-refractivity contribution < 1.29 is 13.2 Å². The van der Waals surface area contributed by atoms with Gasteiger partial charge >= 0.3 is 0 Å². The summed E-state index contributed by atoms with van der Waals surface area (Å²) in [5.41, 5.74) is 1.42. The third-order valence-corrected chi connectivity index (χ3v) is 8.38. The minimum absolute atomic E-state index is 0.198. The van der Waals surface area contributed by atoms with Crippen molar-refractivity contribution in [3.8, 4) is 0 Å². The van der Waals surface area contributed by atoms with Crippen molar-refractivity contribution >= 4 is 48.3 Å². The van der Waals surface area contributed by atoms with Gasteiger partial charge in [0.05, 0.1) is 16.5 Å². The number of hydrogen-bond donors (Lipinski definition) is 1. The summed E-state index contributed by atoms with van der Waals surface area (Å²) in [7, 11) is -3.18. The van der Waals surface area contributed by atoms with Crippen LogP contribution in [0.15, 0.2) is 28.7 Å². The number of benzene rings is 1. The Bertz CT molecular complexity index is 938. The van der Waals surface area contributed by atoms with E-state index in [0.717, 1.165) is 27.9 Å². The number of amides is 1. The first-order chi connectivity index (χ1) is 11.9. The first-order valence-electron chi connectivity index (χ1n) is 7.98. The van der Waals surface area contributed by atoms with Crippen LogP contribution in [0.1, 0.15) is 33.8 Å². The van der Waals surface area contributed by atoms with Crippen molar-refractivity contribution in [3.05, 3.63) is 44.9 Å². The molecule has 1 aliphatic carbocycles. The number of halogens is 1. The molecular formula is C16H16BrN3O3S2. The van der Waals surface area contributed by atoms with E-state index >= 15 is 0 Å². The molecule has 1 saturated carbocycles. The predicted molar refractivity (Wildman–Crippen MR) is 100 cm³/mol. The van der Waals surface area contributed by atoms with Gasteiger partial charge in [0.2, 0.25) is 10.0 Å². The molecule has 2 aliphatic rings. The molecule has 0 saturated heterocycles. The van der Waals surface area contributed by atoms with Crippen molar-refractivity contribution in [2.75, 3.05) is 11.9 Å². The summed E-state index contributed by atoms with van der Waals surface area (Å²) in [6.45, 7) is 0.823. The third kappa shape index (κ3) is 3.38. The summed E-state index contributed by atoms with van der Waals surface area (Å²) in [5, 5.41) is 3.13. The lowest BCUT2D eigenvalue weighted by Crippen LogP contribution is -2.37. The topological polar surface area (TPSA) is 79.4 Å². The van der Waals surface area contributed by atoms with Gasteiger partial charge in [-0.25, -0.2) is 13.4 Å². The summed E-state index contributed by atoms with van der Waals surface area (Å²) in [6, 6.07) is 7.18. The Hall–Kier alpha value is -1.29. The first kappa shape index (κ1) is 17.1. The molecule has 1 fully saturated rings. The summed E-state index contributed by atoms with van der Waals surface area (Å²) in [6.07, 6.45) is 2.12. The number of anilines is 1. The number of sulfonamides is 1. The molecule has 2 aromatic rings. The van der Waals surface area contributed by atoms with E-state index in [2.05, 4.69) is 26.2 Å². The first-order valence-corrected chi connectivity index (χ1v) is 11.1. The minimum Gasteiger partial charge on any atom is -0.298 e. The molecule has 1 amide bonds. The number of aromatic nitrogens is 1. The Balaban J connectivity index is 1.51. The number of nitrogens with zero attached hydrogens (tertiary/aromatic N) is 2. The van der Waals surface area contributed by atoms with Crippen LogP contribution in [-0.4, -0.2) is 35.4 Å². The van der Waals surface area contributed by atoms with E-state index in [1.165, 1.54) is 11.3 Å². The zero-order valence-corrected chi connectivity index (χ0v) is 16.5. The van der Waals surface area contributed by atoms with Gasteiger partial charge in [-0.2, -0.15) is 4.31 Å². The third-order valence-electron chi connectivity index (χ3n) is 4.34. The van der Waals surface area contributed by atoms with E-state index < -0.39 is 10.0 Å². The Morgan fingerprint density at radius 2 is 2.08 bits per heavy atom. The van der Waals surface area contributed by atoms with Gasteiger partial charge in [0.15, 0.2) is 5.13 Å². The molecule has 0 atom stereocenters. The highest BCUT2D eigenvalue weighted by atomic mass is 79.9. The standard InChI is InChI=1S/C16H16BrN3O3S2/c17-12-4-2-1-3-11(12)15(21)19-16-18-13-7-8-20(9-14(13)24-16)25(22,23)10-5-6-10/h1-4,10H,5-9H2,(H,18,19,21). The molecule has 0 unspecified atom stereocenters. The second-order valence-electron chi connectivity index (χ2n) is 6.15. The number of rotatable bonds is 4. The van der Waals surface area contributed by atoms with Crippen LogP contribution in [0, 0.1) is 0 Å². The highest BCUT2D eigenvalue weighted by Crippen LogP contribution is 2.35. The molecule has 1 aromatic heterocycles. The summed E-state index contributed by atoms with van der Waals surface area (Å²) in [5.74, 6) is -0.235. The van der Waals surface area contributed by atoms with Gasteiger partial charge in [0, 0.05) is 28.9 Å². The number of nitrogens with one attached hydrogen (secondary N) is 1. The van der Waals surface area contributed by atoms with E-state index in [0.29, 0.717) is 30.2 Å². The maximum absolute atomic E-state index is 12.4. The number of carbonyl (C=O) groups is 1. The fourth-order valence-corrected chi connectivity index (χ4v) is 6.20. The Kier molecular flexibility index (Phi) is 4.43. The highest BCUT2D eigenvalue weighted by Gasteiger charge is 2.41. The molecule has 1 N–H and O–H groups in total. The average Bonchev–Trinajstić information content (AvgIpc) is 3.36. The number of fused-ring (bicyclic) bond motifs is 1. The SMILES string of the molecule is O=C(Nc1nc2c(s1)CN(S(=O)(=O)C1CC1)CC2)c1ccccc1Br. The van der Waals surface area contributed by atoms with Crippen LogP contribution in [0.5, 0.6) is 0 Å². The van der Waals surface area contributed by atoms with E-state index in [-0.39, 0.29) is 11.2 Å². The molecule has 4 rings (SSSR count). The zero-order chi connectivity index (χ0) is 17.6. The van der Waals surface area contributed by atoms with Crippen molar-refractivity contribution in [3.63, 3.8) is 0 Å². The van der Waals surface area contributed by atoms with Crippen LogP contribution in [0.25, 0.3) is 0 Å². The summed E-state index contributed by atoms with van der Waals surface area (Å²) in [4.78, 5) is 17.8. The molecular weight excluding hydrogens is 426 g/mol. The molecule has 25 heavy (non-hydrogen) atoms. The molecule has 0 bridgehead atoms. The normalized spacial score (nSPS) is 18.0. The number of hydrogen-bond acceptors (Lipinski definition) is 5. The van der Waals surface area contributed by atoms with Crippen molar-refractivity contribution in [1.82, 2.24) is 9.29 Å². The van der Waals surface area contributed by atoms with Crippen molar-refractivity contribution in [1.29, 1.82) is 0 Å². The van der Waals surface area contributed by atoms with Crippen LogP contribution >= 0.6 is 27.3 Å². The Morgan fingerprint density at radius 1 is 1.32 bits per heavy atom. The largest absolute Gasteiger partial charge is 0.298 e. The van der Waals surface area contributed by atoms with Gasteiger partial charge in [-0.1, -0.05) is 12.1 Å². The lowest BCUT2D eigenvalue weighted by molar-refractivity contribution is 0.102. The molecule has 132 valence electrons. The molecule has 6 nitrogen and oxygen atoms in total. The molecule has 1 aliphatic heterocycles. The molecule has 2 heterocycles. The van der Waals surface area contributed by atoms with Gasteiger partial charge in [-0.05, 0) is 40.9 Å².